The van der Waals surface area contributed by atoms with Gasteiger partial charge in [0.25, 0.3) is 0 Å². The fraction of sp³-hybridized carbons (Fsp3) is 0.250. The molecule has 0 amide bonds. The largest absolute Gasteiger partial charge is 1.00 e. The van der Waals surface area contributed by atoms with Gasteiger partial charge in [0.1, 0.15) is 0 Å². The maximum Gasteiger partial charge on any atom is 0.231 e. The number of rotatable bonds is 2. The van der Waals surface area contributed by atoms with Crippen molar-refractivity contribution in [1.29, 1.82) is 0 Å². The molecule has 2 aliphatic rings. The molecule has 3 aromatic rings. The molecule has 0 spiro atoms. The first-order valence-electron chi connectivity index (χ1n) is 8.29. The van der Waals surface area contributed by atoms with E-state index < -0.39 is 0 Å². The van der Waals surface area contributed by atoms with Gasteiger partial charge in [-0.1, -0.05) is 0 Å². The topological polar surface area (TPSA) is 40.8 Å². The molecule has 0 saturated carbocycles. The Hall–Kier alpha value is -2.66. The summed E-state index contributed by atoms with van der Waals surface area (Å²) < 4.78 is 24.3. The van der Waals surface area contributed by atoms with Gasteiger partial charge in [-0.25, -0.2) is 0 Å². The van der Waals surface area contributed by atoms with E-state index in [4.69, 9.17) is 18.9 Å². The molecule has 3 heterocycles. The first kappa shape index (κ1) is 16.8. The zero-order valence-corrected chi connectivity index (χ0v) is 15.3. The minimum Gasteiger partial charge on any atom is -1.00 e. The van der Waals surface area contributed by atoms with Crippen LogP contribution in [0.15, 0.2) is 36.5 Å². The summed E-state index contributed by atoms with van der Waals surface area (Å²) in [7, 11) is 3.32. The molecule has 0 bridgehead atoms. The Morgan fingerprint density at radius 1 is 0.885 bits per heavy atom. The Labute approximate surface area is 157 Å². The fourth-order valence-corrected chi connectivity index (χ4v) is 3.70. The molecule has 0 fully saturated rings. The van der Waals surface area contributed by atoms with Crippen molar-refractivity contribution in [2.75, 3.05) is 21.0 Å². The fourth-order valence-electron chi connectivity index (χ4n) is 3.70. The minimum atomic E-state index is 0. The van der Waals surface area contributed by atoms with Gasteiger partial charge >= 0.3 is 0 Å². The zero-order chi connectivity index (χ0) is 17.0. The average molecular weight is 372 g/mol. The maximum atomic E-state index is 5.57. The lowest BCUT2D eigenvalue weighted by atomic mass is 9.95. The van der Waals surface area contributed by atoms with E-state index in [1.807, 2.05) is 12.1 Å². The number of methoxy groups -OCH3 is 2. The molecule has 2 aromatic carbocycles. The van der Waals surface area contributed by atoms with E-state index in [1.165, 1.54) is 16.8 Å². The van der Waals surface area contributed by atoms with Crippen LogP contribution in [0.1, 0.15) is 5.56 Å². The number of hydrogen-bond acceptors (Lipinski definition) is 4. The third kappa shape index (κ3) is 2.42. The Kier molecular flexibility index (Phi) is 4.04. The molecule has 5 rings (SSSR count). The zero-order valence-electron chi connectivity index (χ0n) is 14.5. The van der Waals surface area contributed by atoms with Gasteiger partial charge in [0.05, 0.1) is 19.8 Å². The summed E-state index contributed by atoms with van der Waals surface area (Å²) in [5.41, 5.74) is 3.68. The standard InChI is InChI=1S/C20H18NO4.ClH/c1-22-17-7-13-5-16-15-9-20-19(24-11-25-20)6-12(15)3-4-21(16)10-14(13)8-18(17)23-2;/h5-10H,3-4,11H2,1-2H3;1H/q+1;/p-1. The molecular formula is C20H18ClNO4. The first-order chi connectivity index (χ1) is 12.3. The van der Waals surface area contributed by atoms with Gasteiger partial charge in [-0.05, 0) is 35.2 Å². The molecule has 6 heteroatoms. The Balaban J connectivity index is 0.00000168. The Morgan fingerprint density at radius 2 is 1.58 bits per heavy atom. The Morgan fingerprint density at radius 3 is 2.31 bits per heavy atom. The number of fused-ring (bicyclic) bond motifs is 5. The van der Waals surface area contributed by atoms with Crippen LogP contribution < -0.4 is 35.9 Å². The highest BCUT2D eigenvalue weighted by molar-refractivity contribution is 5.87. The third-order valence-electron chi connectivity index (χ3n) is 4.98. The predicted octanol–water partition coefficient (Wildman–Crippen LogP) is 0.100. The normalized spacial score (nSPS) is 13.6. The van der Waals surface area contributed by atoms with E-state index in [0.717, 1.165) is 46.7 Å². The molecule has 1 aromatic heterocycles. The summed E-state index contributed by atoms with van der Waals surface area (Å²) in [6.45, 7) is 1.24. The van der Waals surface area contributed by atoms with Crippen LogP contribution >= 0.6 is 0 Å². The molecule has 0 saturated heterocycles. The van der Waals surface area contributed by atoms with E-state index in [1.54, 1.807) is 14.2 Å². The Bertz CT molecular complexity index is 1020. The van der Waals surface area contributed by atoms with Crippen molar-refractivity contribution in [2.45, 2.75) is 13.0 Å². The van der Waals surface area contributed by atoms with Crippen molar-refractivity contribution in [3.8, 4) is 34.3 Å². The van der Waals surface area contributed by atoms with E-state index in [-0.39, 0.29) is 12.4 Å². The maximum absolute atomic E-state index is 5.57. The smallest absolute Gasteiger partial charge is 0.231 e. The van der Waals surface area contributed by atoms with Gasteiger partial charge in [-0.3, -0.25) is 0 Å². The highest BCUT2D eigenvalue weighted by atomic mass is 35.5. The highest BCUT2D eigenvalue weighted by Gasteiger charge is 2.27. The van der Waals surface area contributed by atoms with Gasteiger partial charge < -0.3 is 31.4 Å². The molecule has 0 unspecified atom stereocenters. The molecular weight excluding hydrogens is 354 g/mol. The molecule has 0 N–H and O–H groups in total. The SMILES string of the molecule is COc1cc2cc3[n+](cc2cc1OC)CCc1cc2c(cc1-3)OCO2.[Cl-]. The first-order valence-corrected chi connectivity index (χ1v) is 8.29. The lowest BCUT2D eigenvalue weighted by molar-refractivity contribution is -0.686. The number of pyridine rings is 1. The van der Waals surface area contributed by atoms with Crippen LogP contribution in [0.2, 0.25) is 0 Å². The van der Waals surface area contributed by atoms with E-state index in [0.29, 0.717) is 6.79 Å². The lowest BCUT2D eigenvalue weighted by Gasteiger charge is -2.16. The van der Waals surface area contributed by atoms with E-state index in [9.17, 15) is 0 Å². The molecule has 2 aliphatic heterocycles. The summed E-state index contributed by atoms with van der Waals surface area (Å²) in [5, 5.41) is 2.25. The van der Waals surface area contributed by atoms with Crippen molar-refractivity contribution < 1.29 is 35.9 Å². The van der Waals surface area contributed by atoms with Crippen LogP contribution in [-0.4, -0.2) is 21.0 Å². The van der Waals surface area contributed by atoms with Crippen LogP contribution in [0.25, 0.3) is 22.0 Å². The van der Waals surface area contributed by atoms with Crippen LogP contribution in [0.5, 0.6) is 23.0 Å². The average Bonchev–Trinajstić information content (AvgIpc) is 3.11. The second kappa shape index (κ2) is 6.25. The van der Waals surface area contributed by atoms with Crippen molar-refractivity contribution in [1.82, 2.24) is 0 Å². The summed E-state index contributed by atoms with van der Waals surface area (Å²) in [6, 6.07) is 10.5. The molecule has 26 heavy (non-hydrogen) atoms. The number of aryl methyl sites for hydroxylation is 2. The second-order valence-corrected chi connectivity index (χ2v) is 6.30. The number of halogens is 1. The van der Waals surface area contributed by atoms with Crippen LogP contribution in [0.3, 0.4) is 0 Å². The van der Waals surface area contributed by atoms with E-state index >= 15 is 0 Å². The van der Waals surface area contributed by atoms with Crippen molar-refractivity contribution in [3.63, 3.8) is 0 Å². The summed E-state index contributed by atoms with van der Waals surface area (Å²) in [4.78, 5) is 0. The summed E-state index contributed by atoms with van der Waals surface area (Å²) in [5.74, 6) is 3.15. The predicted molar refractivity (Wildman–Crippen MR) is 92.5 cm³/mol. The number of benzene rings is 2. The number of hydrogen-bond donors (Lipinski definition) is 0. The van der Waals surface area contributed by atoms with Gasteiger partial charge in [0.15, 0.2) is 35.7 Å². The van der Waals surface area contributed by atoms with Crippen molar-refractivity contribution in [2.24, 2.45) is 0 Å². The van der Waals surface area contributed by atoms with Crippen LogP contribution in [0, 0.1) is 0 Å². The lowest BCUT2D eigenvalue weighted by Crippen LogP contribution is -3.00. The van der Waals surface area contributed by atoms with E-state index in [2.05, 4.69) is 29.0 Å². The highest BCUT2D eigenvalue weighted by Crippen LogP contribution is 2.40. The minimum absolute atomic E-state index is 0. The molecule has 0 aliphatic carbocycles. The van der Waals surface area contributed by atoms with Crippen LogP contribution in [0.4, 0.5) is 0 Å². The van der Waals surface area contributed by atoms with Gasteiger partial charge in [0.2, 0.25) is 12.5 Å². The summed E-state index contributed by atoms with van der Waals surface area (Å²) in [6.07, 6.45) is 3.16. The van der Waals surface area contributed by atoms with Gasteiger partial charge in [-0.15, -0.1) is 0 Å². The molecule has 0 atom stereocenters. The quantitative estimate of drug-likeness (QED) is 0.599. The molecule has 134 valence electrons. The number of nitrogens with zero attached hydrogens (tertiary/aromatic N) is 1. The summed E-state index contributed by atoms with van der Waals surface area (Å²) >= 11 is 0. The second-order valence-electron chi connectivity index (χ2n) is 6.30. The van der Waals surface area contributed by atoms with Crippen molar-refractivity contribution in [3.05, 3.63) is 42.1 Å². The third-order valence-corrected chi connectivity index (χ3v) is 4.98. The molecule has 5 nitrogen and oxygen atoms in total. The van der Waals surface area contributed by atoms with Gasteiger partial charge in [0, 0.05) is 17.9 Å². The van der Waals surface area contributed by atoms with Crippen LogP contribution in [-0.2, 0) is 13.0 Å². The van der Waals surface area contributed by atoms with Gasteiger partial charge in [-0.2, -0.15) is 4.57 Å². The van der Waals surface area contributed by atoms with Crippen molar-refractivity contribution >= 4 is 10.8 Å². The number of aromatic nitrogens is 1. The number of ether oxygens (including phenoxy) is 4. The molecule has 0 radical (unpaired) electrons. The monoisotopic (exact) mass is 371 g/mol.